The molecule has 0 heterocycles. The minimum atomic E-state index is -4.95. The molecular weight excluding hydrogens is 1130 g/mol. The minimum absolute atomic E-state index is 0.103. The summed E-state index contributed by atoms with van der Waals surface area (Å²) in [5.41, 5.74) is 0. The molecule has 0 fully saturated rings. The predicted octanol–water partition coefficient (Wildman–Crippen LogP) is 18.1. The van der Waals surface area contributed by atoms with E-state index in [0.29, 0.717) is 31.6 Å². The van der Waals surface area contributed by atoms with Crippen LogP contribution < -0.4 is 0 Å². The zero-order valence-electron chi connectivity index (χ0n) is 55.2. The van der Waals surface area contributed by atoms with Gasteiger partial charge in [-0.15, -0.1) is 0 Å². The lowest BCUT2D eigenvalue weighted by atomic mass is 10.0. The number of aliphatic hydroxyl groups excluding tert-OH is 1. The average Bonchev–Trinajstić information content (AvgIpc) is 3.50. The number of hydrogen-bond donors (Lipinski definition) is 3. The molecule has 85 heavy (non-hydrogen) atoms. The van der Waals surface area contributed by atoms with Gasteiger partial charge in [0.2, 0.25) is 0 Å². The summed E-state index contributed by atoms with van der Waals surface area (Å²) in [6, 6.07) is 0. The highest BCUT2D eigenvalue weighted by molar-refractivity contribution is 7.47. The number of ether oxygens (including phenoxy) is 4. The summed E-state index contributed by atoms with van der Waals surface area (Å²) in [5.74, 6) is 0.754. The number of carbonyl (C=O) groups excluding carboxylic acids is 4. The number of esters is 4. The van der Waals surface area contributed by atoms with Crippen molar-refractivity contribution in [3.63, 3.8) is 0 Å². The first-order valence-electron chi connectivity index (χ1n) is 34.2. The fourth-order valence-electron chi connectivity index (χ4n) is 9.78. The van der Waals surface area contributed by atoms with Gasteiger partial charge in [0.15, 0.2) is 12.2 Å². The molecule has 19 heteroatoms. The highest BCUT2D eigenvalue weighted by atomic mass is 31.2. The number of hydrogen-bond acceptors (Lipinski definition) is 15. The Bertz CT molecular complexity index is 1700. The monoisotopic (exact) mass is 1250 g/mol. The minimum Gasteiger partial charge on any atom is -0.462 e. The van der Waals surface area contributed by atoms with E-state index in [4.69, 9.17) is 37.0 Å². The van der Waals surface area contributed by atoms with Gasteiger partial charge in [-0.1, -0.05) is 267 Å². The van der Waals surface area contributed by atoms with Crippen LogP contribution in [-0.4, -0.2) is 96.7 Å². The summed E-state index contributed by atoms with van der Waals surface area (Å²) in [5, 5.41) is 10.5. The Hall–Kier alpha value is -1.94. The summed E-state index contributed by atoms with van der Waals surface area (Å²) in [6.07, 6.45) is 36.4. The molecule has 0 rings (SSSR count). The van der Waals surface area contributed by atoms with E-state index in [1.807, 2.05) is 0 Å². The van der Waals surface area contributed by atoms with Gasteiger partial charge in [0.25, 0.3) is 0 Å². The van der Waals surface area contributed by atoms with Crippen LogP contribution in [0.4, 0.5) is 0 Å². The third-order valence-electron chi connectivity index (χ3n) is 15.1. The second kappa shape index (κ2) is 56.1. The standard InChI is InChI=1S/C66H128O17P2/c1-56(2)42-34-26-18-12-9-10-14-21-30-38-46-63(68)76-52-61(83-66(71)49-41-33-23-17-16-20-28-36-44-58(5)6)54-80-84(72,73)78-50-60(67)51-79-85(74,75)81-55-62(53-77-64(69)47-39-31-25-24-29-37-45-59(7)8)82-65(70)48-40-32-22-15-11-13-19-27-35-43-57(3)4/h56-62,67H,9-55H2,1-8H3,(H,72,73)(H,74,75)/t60-,61-,62-/m1/s1. The maximum atomic E-state index is 13.0. The number of carbonyl (C=O) groups is 4. The summed E-state index contributed by atoms with van der Waals surface area (Å²) in [7, 11) is -9.89. The van der Waals surface area contributed by atoms with Crippen molar-refractivity contribution in [2.75, 3.05) is 39.6 Å². The normalized spacial score (nSPS) is 14.4. The molecule has 0 aromatic carbocycles. The lowest BCUT2D eigenvalue weighted by molar-refractivity contribution is -0.161. The fourth-order valence-corrected chi connectivity index (χ4v) is 11.4. The van der Waals surface area contributed by atoms with Crippen molar-refractivity contribution in [3.05, 3.63) is 0 Å². The Morgan fingerprint density at radius 2 is 0.494 bits per heavy atom. The van der Waals surface area contributed by atoms with Crippen LogP contribution >= 0.6 is 15.6 Å². The molecule has 5 atom stereocenters. The molecule has 0 saturated carbocycles. The maximum absolute atomic E-state index is 13.0. The molecule has 0 amide bonds. The van der Waals surface area contributed by atoms with E-state index in [9.17, 15) is 43.2 Å². The van der Waals surface area contributed by atoms with Crippen LogP contribution in [0, 0.1) is 23.7 Å². The lowest BCUT2D eigenvalue weighted by Gasteiger charge is -2.21. The number of rotatable bonds is 63. The number of phosphoric ester groups is 2. The van der Waals surface area contributed by atoms with E-state index in [0.717, 1.165) is 114 Å². The second-order valence-electron chi connectivity index (χ2n) is 25.8. The van der Waals surface area contributed by atoms with E-state index in [2.05, 4.69) is 55.4 Å². The molecule has 0 radical (unpaired) electrons. The zero-order valence-corrected chi connectivity index (χ0v) is 57.0. The summed E-state index contributed by atoms with van der Waals surface area (Å²) in [6.45, 7) is 14.0. The van der Waals surface area contributed by atoms with Crippen molar-refractivity contribution in [2.24, 2.45) is 23.7 Å². The van der Waals surface area contributed by atoms with Gasteiger partial charge in [0.05, 0.1) is 26.4 Å². The van der Waals surface area contributed by atoms with Crippen LogP contribution in [0.3, 0.4) is 0 Å². The molecule has 17 nitrogen and oxygen atoms in total. The third kappa shape index (κ3) is 60.7. The van der Waals surface area contributed by atoms with Gasteiger partial charge in [-0.2, -0.15) is 0 Å². The molecule has 0 bridgehead atoms. The van der Waals surface area contributed by atoms with E-state index < -0.39 is 97.5 Å². The molecule has 0 aromatic rings. The topological polar surface area (TPSA) is 237 Å². The van der Waals surface area contributed by atoms with Crippen molar-refractivity contribution < 1.29 is 80.2 Å². The van der Waals surface area contributed by atoms with Gasteiger partial charge in [-0.25, -0.2) is 9.13 Å². The molecule has 0 aliphatic rings. The second-order valence-corrected chi connectivity index (χ2v) is 28.7. The van der Waals surface area contributed by atoms with Gasteiger partial charge in [0.1, 0.15) is 19.3 Å². The number of unbranched alkanes of at least 4 members (excludes halogenated alkanes) is 29. The number of phosphoric acid groups is 2. The summed E-state index contributed by atoms with van der Waals surface area (Å²) in [4.78, 5) is 72.3. The Kier molecular flexibility index (Phi) is 54.8. The van der Waals surface area contributed by atoms with Crippen molar-refractivity contribution >= 4 is 39.5 Å². The molecule has 0 aromatic heterocycles. The molecule has 2 unspecified atom stereocenters. The Labute approximate surface area is 517 Å². The summed E-state index contributed by atoms with van der Waals surface area (Å²) < 4.78 is 68.1. The van der Waals surface area contributed by atoms with Crippen LogP contribution in [-0.2, 0) is 65.4 Å². The third-order valence-corrected chi connectivity index (χ3v) is 17.0. The Morgan fingerprint density at radius 1 is 0.294 bits per heavy atom. The molecule has 0 aliphatic carbocycles. The molecular formula is C66H128O17P2. The smallest absolute Gasteiger partial charge is 0.462 e. The maximum Gasteiger partial charge on any atom is 0.472 e. The van der Waals surface area contributed by atoms with Crippen LogP contribution in [0.25, 0.3) is 0 Å². The molecule has 0 spiro atoms. The highest BCUT2D eigenvalue weighted by Gasteiger charge is 2.30. The molecule has 3 N–H and O–H groups in total. The van der Waals surface area contributed by atoms with Crippen LogP contribution in [0.5, 0.6) is 0 Å². The predicted molar refractivity (Wildman–Crippen MR) is 340 cm³/mol. The van der Waals surface area contributed by atoms with Crippen molar-refractivity contribution in [3.8, 4) is 0 Å². The molecule has 0 saturated heterocycles. The van der Waals surface area contributed by atoms with Crippen LogP contribution in [0.2, 0.25) is 0 Å². The van der Waals surface area contributed by atoms with Crippen LogP contribution in [0.15, 0.2) is 0 Å². The van der Waals surface area contributed by atoms with Gasteiger partial charge in [-0.3, -0.25) is 37.3 Å². The SMILES string of the molecule is CC(C)CCCCCCCCCCCCC(=O)OC[C@H](COP(=O)(O)OC[C@@H](O)COP(=O)(O)OC[C@@H](COC(=O)CCCCCCCCC(C)C)OC(=O)CCCCCCCCCCCC(C)C)OC(=O)CCCCCCCCCCC(C)C. The van der Waals surface area contributed by atoms with E-state index in [1.165, 1.54) is 116 Å². The Balaban J connectivity index is 5.25. The fraction of sp³-hybridized carbons (Fsp3) is 0.939. The summed E-state index contributed by atoms with van der Waals surface area (Å²) >= 11 is 0. The first kappa shape index (κ1) is 83.1. The van der Waals surface area contributed by atoms with Gasteiger partial charge in [-0.05, 0) is 49.4 Å². The van der Waals surface area contributed by atoms with Crippen molar-refractivity contribution in [1.82, 2.24) is 0 Å². The molecule has 0 aliphatic heterocycles. The first-order valence-corrected chi connectivity index (χ1v) is 37.2. The Morgan fingerprint density at radius 3 is 0.729 bits per heavy atom. The van der Waals surface area contributed by atoms with Gasteiger partial charge >= 0.3 is 39.5 Å². The highest BCUT2D eigenvalue weighted by Crippen LogP contribution is 2.45. The van der Waals surface area contributed by atoms with E-state index in [-0.39, 0.29) is 25.7 Å². The van der Waals surface area contributed by atoms with Gasteiger partial charge < -0.3 is 33.8 Å². The van der Waals surface area contributed by atoms with Crippen molar-refractivity contribution in [2.45, 2.75) is 337 Å². The largest absolute Gasteiger partial charge is 0.472 e. The van der Waals surface area contributed by atoms with Gasteiger partial charge in [0, 0.05) is 25.7 Å². The van der Waals surface area contributed by atoms with E-state index >= 15 is 0 Å². The van der Waals surface area contributed by atoms with E-state index in [1.54, 1.807) is 0 Å². The van der Waals surface area contributed by atoms with Crippen LogP contribution in [0.1, 0.15) is 319 Å². The average molecular weight is 1260 g/mol. The lowest BCUT2D eigenvalue weighted by Crippen LogP contribution is -2.30. The number of aliphatic hydroxyl groups is 1. The first-order chi connectivity index (χ1) is 40.6. The zero-order chi connectivity index (χ0) is 63.2. The van der Waals surface area contributed by atoms with Crippen molar-refractivity contribution in [1.29, 1.82) is 0 Å². The molecule has 504 valence electrons. The quantitative estimate of drug-likeness (QED) is 0.0222.